The van der Waals surface area contributed by atoms with Crippen LogP contribution in [0.15, 0.2) is 130 Å². The number of rotatable bonds is 5. The van der Waals surface area contributed by atoms with E-state index in [-0.39, 0.29) is 29.6 Å². The Hall–Kier alpha value is -4.91. The Bertz CT molecular complexity index is 1970. The summed E-state index contributed by atoms with van der Waals surface area (Å²) in [6, 6.07) is 4.06. The van der Waals surface area contributed by atoms with Gasteiger partial charge in [-0.2, -0.15) is 18.3 Å². The Morgan fingerprint density at radius 3 is 2.56 bits per heavy atom. The number of carbonyl (C=O) groups is 1. The van der Waals surface area contributed by atoms with Crippen molar-refractivity contribution in [1.29, 1.82) is 0 Å². The smallest absolute Gasteiger partial charge is 0.322 e. The van der Waals surface area contributed by atoms with Crippen LogP contribution in [0.4, 0.5) is 18.9 Å². The number of allylic oxidation sites excluding steroid dienone is 15. The van der Waals surface area contributed by atoms with Crippen molar-refractivity contribution in [3.8, 4) is 11.8 Å². The van der Waals surface area contributed by atoms with Gasteiger partial charge in [0.15, 0.2) is 0 Å². The molecule has 0 bridgehead atoms. The van der Waals surface area contributed by atoms with Crippen molar-refractivity contribution >= 4 is 17.3 Å². The van der Waals surface area contributed by atoms with Crippen molar-refractivity contribution in [2.75, 3.05) is 38.5 Å². The lowest BCUT2D eigenvalue weighted by atomic mass is 9.97. The quantitative estimate of drug-likeness (QED) is 0.312. The molecule has 3 unspecified atom stereocenters. The highest BCUT2D eigenvalue weighted by Gasteiger charge is 2.34. The average molecular weight is 706 g/mol. The predicted octanol–water partition coefficient (Wildman–Crippen LogP) is 8.57. The molecule has 1 amide bonds. The van der Waals surface area contributed by atoms with E-state index in [1.54, 1.807) is 18.2 Å². The molecule has 3 atom stereocenters. The summed E-state index contributed by atoms with van der Waals surface area (Å²) in [7, 11) is 2.01. The van der Waals surface area contributed by atoms with Crippen LogP contribution in [-0.2, 0) is 17.5 Å². The van der Waals surface area contributed by atoms with Crippen LogP contribution in [0.3, 0.4) is 0 Å². The van der Waals surface area contributed by atoms with Gasteiger partial charge in [0.1, 0.15) is 5.70 Å². The van der Waals surface area contributed by atoms with E-state index >= 15 is 0 Å². The third-order valence-corrected chi connectivity index (χ3v) is 9.99. The summed E-state index contributed by atoms with van der Waals surface area (Å²) >= 11 is 0. The number of amides is 1. The van der Waals surface area contributed by atoms with Gasteiger partial charge in [-0.1, -0.05) is 86.9 Å². The van der Waals surface area contributed by atoms with E-state index in [0.717, 1.165) is 53.8 Å². The normalized spacial score (nSPS) is 24.0. The van der Waals surface area contributed by atoms with E-state index in [9.17, 15) is 18.0 Å². The van der Waals surface area contributed by atoms with Crippen molar-refractivity contribution in [3.05, 3.63) is 136 Å². The van der Waals surface area contributed by atoms with E-state index in [2.05, 4.69) is 84.5 Å². The number of fused-ring (bicyclic) bond motifs is 1. The molecule has 9 heteroatoms. The molecule has 1 fully saturated rings. The van der Waals surface area contributed by atoms with E-state index in [1.165, 1.54) is 6.07 Å². The van der Waals surface area contributed by atoms with Crippen molar-refractivity contribution in [2.45, 2.75) is 46.8 Å². The molecule has 5 aliphatic rings. The Morgan fingerprint density at radius 2 is 1.79 bits per heavy atom. The number of piperazine rings is 1. The molecule has 6 rings (SSSR count). The van der Waals surface area contributed by atoms with Gasteiger partial charge in [0.05, 0.1) is 17.0 Å². The number of carbonyl (C=O) groups excluding carboxylic acids is 1. The summed E-state index contributed by atoms with van der Waals surface area (Å²) in [6.07, 6.45) is 20.7. The topological polar surface area (TPSA) is 51.2 Å². The number of hydrogen-bond donors (Lipinski definition) is 1. The highest BCUT2D eigenvalue weighted by Crippen LogP contribution is 2.35. The molecule has 1 aromatic rings. The summed E-state index contributed by atoms with van der Waals surface area (Å²) in [5, 5.41) is 9.56. The van der Waals surface area contributed by atoms with Gasteiger partial charge in [-0.25, -0.2) is 5.01 Å². The van der Waals surface area contributed by atoms with E-state index in [4.69, 9.17) is 5.10 Å². The van der Waals surface area contributed by atoms with Gasteiger partial charge in [-0.3, -0.25) is 9.69 Å². The fraction of sp³-hybridized carbons (Fsp3) is 0.349. The Balaban J connectivity index is 1.24. The second kappa shape index (κ2) is 15.8. The maximum absolute atomic E-state index is 14.2. The zero-order valence-electron chi connectivity index (χ0n) is 30.5. The summed E-state index contributed by atoms with van der Waals surface area (Å²) in [6.45, 7) is 11.5. The molecule has 1 N–H and O–H groups in total. The summed E-state index contributed by atoms with van der Waals surface area (Å²) in [5.41, 5.74) is 5.02. The number of likely N-dealkylation sites (N-methyl/N-ethyl adjacent to an activating group) is 1. The van der Waals surface area contributed by atoms with E-state index in [0.29, 0.717) is 30.2 Å². The lowest BCUT2D eigenvalue weighted by Gasteiger charge is -2.33. The Kier molecular flexibility index (Phi) is 11.2. The minimum atomic E-state index is -4.56. The van der Waals surface area contributed by atoms with Gasteiger partial charge in [0.25, 0.3) is 5.91 Å². The summed E-state index contributed by atoms with van der Waals surface area (Å²) in [5.74, 6) is 6.75. The molecule has 52 heavy (non-hydrogen) atoms. The molecule has 3 heterocycles. The molecule has 0 aromatic heterocycles. The van der Waals surface area contributed by atoms with Gasteiger partial charge in [0.2, 0.25) is 0 Å². The minimum absolute atomic E-state index is 0.0115. The molecule has 270 valence electrons. The lowest BCUT2D eigenvalue weighted by molar-refractivity contribution is -0.138. The number of nitrogens with zero attached hydrogens (tertiary/aromatic N) is 4. The predicted molar refractivity (Wildman–Crippen MR) is 204 cm³/mol. The van der Waals surface area contributed by atoms with Crippen molar-refractivity contribution in [2.24, 2.45) is 22.9 Å². The maximum Gasteiger partial charge on any atom is 0.416 e. The summed E-state index contributed by atoms with van der Waals surface area (Å²) in [4.78, 5) is 17.8. The third kappa shape index (κ3) is 8.93. The first kappa shape index (κ1) is 36.9. The molecule has 1 aromatic carbocycles. The van der Waals surface area contributed by atoms with Crippen LogP contribution >= 0.6 is 0 Å². The number of halogens is 3. The largest absolute Gasteiger partial charge is 0.416 e. The zero-order chi connectivity index (χ0) is 37.0. The third-order valence-electron chi connectivity index (χ3n) is 9.99. The van der Waals surface area contributed by atoms with Gasteiger partial charge in [-0.05, 0) is 86.1 Å². The van der Waals surface area contributed by atoms with Gasteiger partial charge < -0.3 is 10.2 Å². The monoisotopic (exact) mass is 705 g/mol. The molecule has 6 nitrogen and oxygen atoms in total. The second-order valence-corrected chi connectivity index (χ2v) is 14.3. The Labute approximate surface area is 305 Å². The standard InChI is InChI=1S/C43H46F3N5O/c1-29-8-6-10-33(11-7-9-29)41-19-18-39-25-30(2)24-38(51(39)48-41)17-15-34-26-35(13-12-31(3)32(34)4)42(52)47-37-16-14-36(40(27-37)43(44,45)46)28-50-22-20-49(5)21-23-50/h6-8,10-14,16,18-19,24-27,29-31H,9,20-23,28H2,1-5H3,(H,47,52). The molecule has 0 spiro atoms. The van der Waals surface area contributed by atoms with Crippen LogP contribution in [-0.4, -0.2) is 59.7 Å². The number of benzene rings is 1. The van der Waals surface area contributed by atoms with Gasteiger partial charge >= 0.3 is 6.18 Å². The molecule has 1 saturated heterocycles. The first-order valence-electron chi connectivity index (χ1n) is 17.9. The van der Waals surface area contributed by atoms with Crippen molar-refractivity contribution in [1.82, 2.24) is 14.8 Å². The second-order valence-electron chi connectivity index (χ2n) is 14.3. The van der Waals surface area contributed by atoms with Gasteiger partial charge in [0, 0.05) is 55.1 Å². The summed E-state index contributed by atoms with van der Waals surface area (Å²) < 4.78 is 42.7. The van der Waals surface area contributed by atoms with Crippen LogP contribution in [0, 0.1) is 29.6 Å². The molecule has 0 radical (unpaired) electrons. The lowest BCUT2D eigenvalue weighted by Crippen LogP contribution is -2.44. The first-order valence-corrected chi connectivity index (χ1v) is 17.9. The molecule has 3 aliphatic heterocycles. The molecular formula is C43H46F3N5O. The first-order chi connectivity index (χ1) is 24.8. The van der Waals surface area contributed by atoms with Crippen molar-refractivity contribution < 1.29 is 18.0 Å². The van der Waals surface area contributed by atoms with Crippen LogP contribution in [0.25, 0.3) is 0 Å². The maximum atomic E-state index is 14.2. The average Bonchev–Trinajstić information content (AvgIpc) is 3.23. The number of alkyl halides is 3. The highest BCUT2D eigenvalue weighted by molar-refractivity contribution is 6.11. The molecule has 2 aliphatic carbocycles. The van der Waals surface area contributed by atoms with Crippen LogP contribution in [0.5, 0.6) is 0 Å². The van der Waals surface area contributed by atoms with Crippen molar-refractivity contribution in [3.63, 3.8) is 0 Å². The number of nitrogens with one attached hydrogen (secondary N) is 1. The molecule has 0 saturated carbocycles. The van der Waals surface area contributed by atoms with Crippen LogP contribution in [0.1, 0.15) is 45.2 Å². The number of hydrazone groups is 1. The number of hydrogen-bond acceptors (Lipinski definition) is 5. The van der Waals surface area contributed by atoms with Gasteiger partial charge in [-0.15, -0.1) is 0 Å². The zero-order valence-corrected chi connectivity index (χ0v) is 30.5. The SMILES string of the molecule is CC1=C(C#CC2=CC(C)C=C3C=CC(C4=CC=CC(C)CC=C4)=NN23)C=C(C(=O)Nc2ccc(CN3CCN(C)CC3)c(C(F)(F)F)c2)C=CC1C. The minimum Gasteiger partial charge on any atom is -0.322 e. The highest BCUT2D eigenvalue weighted by atomic mass is 19.4. The Morgan fingerprint density at radius 1 is 1.00 bits per heavy atom. The van der Waals surface area contributed by atoms with Crippen LogP contribution < -0.4 is 5.32 Å². The number of anilines is 1. The fourth-order valence-electron chi connectivity index (χ4n) is 6.57. The molecular weight excluding hydrogens is 660 g/mol. The van der Waals surface area contributed by atoms with E-state index < -0.39 is 17.6 Å². The van der Waals surface area contributed by atoms with Crippen LogP contribution in [0.2, 0.25) is 0 Å². The van der Waals surface area contributed by atoms with E-state index in [1.807, 2.05) is 43.0 Å². The fourth-order valence-corrected chi connectivity index (χ4v) is 6.57.